The third-order valence-electron chi connectivity index (χ3n) is 4.77. The summed E-state index contributed by atoms with van der Waals surface area (Å²) in [5.74, 6) is 1.77. The first kappa shape index (κ1) is 23.1. The van der Waals surface area contributed by atoms with Gasteiger partial charge >= 0.3 is 6.09 Å². The van der Waals surface area contributed by atoms with Gasteiger partial charge in [-0.05, 0) is 45.0 Å². The zero-order valence-corrected chi connectivity index (χ0v) is 18.7. The highest BCUT2D eigenvalue weighted by Crippen LogP contribution is 2.25. The molecule has 1 amide bonds. The zero-order chi connectivity index (χ0) is 22.9. The molecule has 0 unspecified atom stereocenters. The summed E-state index contributed by atoms with van der Waals surface area (Å²) in [7, 11) is 0. The molecule has 0 aliphatic carbocycles. The van der Waals surface area contributed by atoms with E-state index in [4.69, 9.17) is 20.0 Å². The Morgan fingerprint density at radius 1 is 1.28 bits per heavy atom. The fourth-order valence-corrected chi connectivity index (χ4v) is 3.31. The van der Waals surface area contributed by atoms with Crippen molar-refractivity contribution in [3.63, 3.8) is 0 Å². The van der Waals surface area contributed by atoms with Crippen LogP contribution in [0.4, 0.5) is 22.1 Å². The summed E-state index contributed by atoms with van der Waals surface area (Å²) in [4.78, 5) is 27.8. The smallest absolute Gasteiger partial charge is 0.411 e. The maximum absolute atomic E-state index is 12.3. The van der Waals surface area contributed by atoms with Gasteiger partial charge in [0.25, 0.3) is 0 Å². The van der Waals surface area contributed by atoms with Gasteiger partial charge in [0, 0.05) is 31.6 Å². The minimum atomic E-state index is -0.475. The first-order valence-corrected chi connectivity index (χ1v) is 10.7. The van der Waals surface area contributed by atoms with Gasteiger partial charge in [-0.1, -0.05) is 5.16 Å². The van der Waals surface area contributed by atoms with Crippen LogP contribution in [0, 0.1) is 0 Å². The van der Waals surface area contributed by atoms with Crippen molar-refractivity contribution in [1.29, 1.82) is 0 Å². The van der Waals surface area contributed by atoms with Crippen LogP contribution in [0.5, 0.6) is 5.75 Å². The number of amides is 1. The number of benzene rings is 1. The molecule has 0 bridgehead atoms. The minimum Gasteiger partial charge on any atom is -0.491 e. The molecule has 3 N–H and O–H groups in total. The molecule has 1 aromatic carbocycles. The molecule has 0 radical (unpaired) electrons. The molecule has 172 valence electrons. The van der Waals surface area contributed by atoms with Crippen molar-refractivity contribution in [1.82, 2.24) is 9.97 Å². The second kappa shape index (κ2) is 11.2. The number of piperidine rings is 1. The number of aromatic nitrogens is 2. The van der Waals surface area contributed by atoms with E-state index in [1.807, 2.05) is 32.9 Å². The Hall–Kier alpha value is -3.56. The topological polar surface area (TPSA) is 124 Å². The molecule has 0 saturated carbocycles. The Kier molecular flexibility index (Phi) is 8.07. The molecule has 32 heavy (non-hydrogen) atoms. The van der Waals surface area contributed by atoms with E-state index in [-0.39, 0.29) is 12.2 Å². The Morgan fingerprint density at radius 2 is 2.00 bits per heavy atom. The molecule has 10 nitrogen and oxygen atoms in total. The predicted molar refractivity (Wildman–Crippen MR) is 123 cm³/mol. The molecule has 1 saturated heterocycles. The molecule has 1 aliphatic heterocycles. The summed E-state index contributed by atoms with van der Waals surface area (Å²) in [5, 5.41) is 6.65. The molecule has 0 spiro atoms. The van der Waals surface area contributed by atoms with E-state index in [9.17, 15) is 4.79 Å². The summed E-state index contributed by atoms with van der Waals surface area (Å²) >= 11 is 0. The number of anilines is 3. The van der Waals surface area contributed by atoms with E-state index in [1.54, 1.807) is 12.1 Å². The highest BCUT2D eigenvalue weighted by atomic mass is 16.6. The number of carbonyl (C=O) groups excluding carboxylic acids is 1. The Morgan fingerprint density at radius 3 is 2.66 bits per heavy atom. The second-order valence-electron chi connectivity index (χ2n) is 7.56. The molecule has 1 fully saturated rings. The maximum Gasteiger partial charge on any atom is 0.411 e. The van der Waals surface area contributed by atoms with E-state index >= 15 is 0 Å². The van der Waals surface area contributed by atoms with Crippen LogP contribution in [-0.4, -0.2) is 54.2 Å². The van der Waals surface area contributed by atoms with Gasteiger partial charge in [-0.3, -0.25) is 5.32 Å². The number of hydrogen-bond acceptors (Lipinski definition) is 9. The lowest BCUT2D eigenvalue weighted by Gasteiger charge is -2.33. The molecule has 1 aliphatic rings. The average Bonchev–Trinajstić information content (AvgIpc) is 2.76. The first-order chi connectivity index (χ1) is 15.5. The standard InChI is InChI=1S/C22H30N6O4/c1-4-30-26-13-19-20(23)24-14-25-21(19)28-11-9-18(10-12-28)32-22(29)27-16-5-7-17(8-6-16)31-15(2)3/h5-8,13-15,18H,4,9-12H2,1-3H3,(H,27,29)(H2,23,24,25)/b26-13+. The Labute approximate surface area is 187 Å². The molecule has 10 heteroatoms. The van der Waals surface area contributed by atoms with Gasteiger partial charge in [0.2, 0.25) is 0 Å². The summed E-state index contributed by atoms with van der Waals surface area (Å²) in [6.07, 6.45) is 3.72. The Balaban J connectivity index is 1.52. The van der Waals surface area contributed by atoms with Crippen LogP contribution < -0.4 is 20.7 Å². The van der Waals surface area contributed by atoms with Gasteiger partial charge in [0.1, 0.15) is 36.4 Å². The third kappa shape index (κ3) is 6.47. The summed E-state index contributed by atoms with van der Waals surface area (Å²) in [5.41, 5.74) is 7.26. The second-order valence-corrected chi connectivity index (χ2v) is 7.56. The summed E-state index contributed by atoms with van der Waals surface area (Å²) in [6.45, 7) is 7.55. The van der Waals surface area contributed by atoms with Crippen LogP contribution in [-0.2, 0) is 9.57 Å². The summed E-state index contributed by atoms with van der Waals surface area (Å²) in [6, 6.07) is 7.20. The van der Waals surface area contributed by atoms with Gasteiger partial charge in [-0.25, -0.2) is 14.8 Å². The van der Waals surface area contributed by atoms with Gasteiger partial charge in [0.05, 0.1) is 17.9 Å². The normalized spacial score (nSPS) is 14.6. The number of oxime groups is 1. The van der Waals surface area contributed by atoms with E-state index in [2.05, 4.69) is 25.3 Å². The van der Waals surface area contributed by atoms with Crippen LogP contribution in [0.3, 0.4) is 0 Å². The van der Waals surface area contributed by atoms with Gasteiger partial charge in [-0.2, -0.15) is 0 Å². The first-order valence-electron chi connectivity index (χ1n) is 10.7. The largest absolute Gasteiger partial charge is 0.491 e. The molecular weight excluding hydrogens is 412 g/mol. The van der Waals surface area contributed by atoms with Crippen LogP contribution >= 0.6 is 0 Å². The lowest BCUT2D eigenvalue weighted by atomic mass is 10.1. The van der Waals surface area contributed by atoms with Crippen LogP contribution in [0.25, 0.3) is 0 Å². The SMILES string of the molecule is CCO/N=C/c1c(N)ncnc1N1CCC(OC(=O)Nc2ccc(OC(C)C)cc2)CC1. The highest BCUT2D eigenvalue weighted by molar-refractivity contribution is 5.91. The van der Waals surface area contributed by atoms with Gasteiger partial charge < -0.3 is 24.9 Å². The number of nitrogen functional groups attached to an aromatic ring is 1. The van der Waals surface area contributed by atoms with Crippen LogP contribution in [0.2, 0.25) is 0 Å². The highest BCUT2D eigenvalue weighted by Gasteiger charge is 2.25. The van der Waals surface area contributed by atoms with Crippen LogP contribution in [0.1, 0.15) is 39.2 Å². The van der Waals surface area contributed by atoms with E-state index in [0.29, 0.717) is 55.4 Å². The van der Waals surface area contributed by atoms with E-state index in [1.165, 1.54) is 12.5 Å². The lowest BCUT2D eigenvalue weighted by molar-refractivity contribution is 0.0950. The van der Waals surface area contributed by atoms with Crippen molar-refractivity contribution >= 4 is 29.6 Å². The van der Waals surface area contributed by atoms with Crippen molar-refractivity contribution in [3.05, 3.63) is 36.2 Å². The number of ether oxygens (including phenoxy) is 2. The lowest BCUT2D eigenvalue weighted by Crippen LogP contribution is -2.39. The van der Waals surface area contributed by atoms with Crippen molar-refractivity contribution < 1.29 is 19.1 Å². The van der Waals surface area contributed by atoms with Crippen molar-refractivity contribution in [2.75, 3.05) is 35.6 Å². The summed E-state index contributed by atoms with van der Waals surface area (Å²) < 4.78 is 11.2. The fourth-order valence-electron chi connectivity index (χ4n) is 3.31. The van der Waals surface area contributed by atoms with Crippen molar-refractivity contribution in [3.8, 4) is 5.75 Å². The molecule has 0 atom stereocenters. The molecule has 1 aromatic heterocycles. The molecule has 2 aromatic rings. The maximum atomic E-state index is 12.3. The quantitative estimate of drug-likeness (QED) is 0.471. The third-order valence-corrected chi connectivity index (χ3v) is 4.77. The number of rotatable bonds is 8. The van der Waals surface area contributed by atoms with E-state index < -0.39 is 6.09 Å². The molecule has 2 heterocycles. The van der Waals surface area contributed by atoms with Gasteiger partial charge in [-0.15, -0.1) is 0 Å². The molecule has 3 rings (SSSR count). The average molecular weight is 443 g/mol. The molecular formula is C22H30N6O4. The monoisotopic (exact) mass is 442 g/mol. The fraction of sp³-hybridized carbons (Fsp3) is 0.455. The van der Waals surface area contributed by atoms with Gasteiger partial charge in [0.15, 0.2) is 0 Å². The number of hydrogen-bond donors (Lipinski definition) is 2. The van der Waals surface area contributed by atoms with Crippen LogP contribution in [0.15, 0.2) is 35.7 Å². The van der Waals surface area contributed by atoms with E-state index in [0.717, 1.165) is 5.75 Å². The number of carbonyl (C=O) groups is 1. The predicted octanol–water partition coefficient (Wildman–Crippen LogP) is 3.43. The zero-order valence-electron chi connectivity index (χ0n) is 18.7. The number of nitrogens with one attached hydrogen (secondary N) is 1. The minimum absolute atomic E-state index is 0.0940. The Bertz CT molecular complexity index is 911. The number of nitrogens with zero attached hydrogens (tertiary/aromatic N) is 4. The number of nitrogens with two attached hydrogens (primary N) is 1. The van der Waals surface area contributed by atoms with Crippen molar-refractivity contribution in [2.24, 2.45) is 5.16 Å². The van der Waals surface area contributed by atoms with Crippen molar-refractivity contribution in [2.45, 2.75) is 45.8 Å².